The maximum absolute atomic E-state index is 10.9. The van der Waals surface area contributed by atoms with Crippen molar-refractivity contribution < 1.29 is 9.66 Å². The third kappa shape index (κ3) is 3.61. The minimum Gasteiger partial charge on any atom is -0.457 e. The van der Waals surface area contributed by atoms with Crippen LogP contribution in [0.3, 0.4) is 0 Å². The maximum Gasteiger partial charge on any atom is 0.275 e. The van der Waals surface area contributed by atoms with Gasteiger partial charge in [0.2, 0.25) is 0 Å². The number of ether oxygens (including phenoxy) is 1. The van der Waals surface area contributed by atoms with E-state index in [9.17, 15) is 10.1 Å². The molecule has 0 fully saturated rings. The van der Waals surface area contributed by atoms with Crippen molar-refractivity contribution in [1.82, 2.24) is 0 Å². The second-order valence-corrected chi connectivity index (χ2v) is 4.50. The Labute approximate surface area is 121 Å². The zero-order chi connectivity index (χ0) is 14.5. The number of nitro groups is 1. The van der Waals surface area contributed by atoms with Gasteiger partial charge >= 0.3 is 0 Å². The topological polar surface area (TPSA) is 64.4 Å². The molecule has 0 radical (unpaired) electrons. The van der Waals surface area contributed by atoms with E-state index < -0.39 is 4.92 Å². The van der Waals surface area contributed by atoms with Crippen LogP contribution < -0.4 is 10.1 Å². The summed E-state index contributed by atoms with van der Waals surface area (Å²) < 4.78 is 5.61. The minimum atomic E-state index is -0.449. The van der Waals surface area contributed by atoms with E-state index in [-0.39, 0.29) is 5.69 Å². The van der Waals surface area contributed by atoms with E-state index in [4.69, 9.17) is 16.3 Å². The molecule has 1 N–H and O–H groups in total. The van der Waals surface area contributed by atoms with Crippen LogP contribution in [0, 0.1) is 10.1 Å². The summed E-state index contributed by atoms with van der Waals surface area (Å²) in [5, 5.41) is 14.5. The van der Waals surface area contributed by atoms with Gasteiger partial charge in [-0.15, -0.1) is 0 Å². The molecule has 5 nitrogen and oxygen atoms in total. The van der Waals surface area contributed by atoms with Gasteiger partial charge in [-0.1, -0.05) is 11.6 Å². The highest BCUT2D eigenvalue weighted by atomic mass is 35.5. The van der Waals surface area contributed by atoms with Gasteiger partial charge in [-0.05, 0) is 31.2 Å². The minimum absolute atomic E-state index is 0.0209. The Hall–Kier alpha value is -2.27. The standard InChI is InChI=1S/C14H13ClN2O3/c1-2-16-11-7-12(17(18)19)9-14(8-11)20-13-5-3-10(15)4-6-13/h3-9,16H,2H2,1H3. The third-order valence-electron chi connectivity index (χ3n) is 2.53. The molecule has 0 aliphatic carbocycles. The molecule has 0 spiro atoms. The first-order valence-electron chi connectivity index (χ1n) is 6.05. The van der Waals surface area contributed by atoms with Crippen LogP contribution in [-0.4, -0.2) is 11.5 Å². The first-order valence-corrected chi connectivity index (χ1v) is 6.43. The van der Waals surface area contributed by atoms with Crippen molar-refractivity contribution >= 4 is 23.0 Å². The summed E-state index contributed by atoms with van der Waals surface area (Å²) in [5.41, 5.74) is 0.623. The number of nitro benzene ring substituents is 1. The monoisotopic (exact) mass is 292 g/mol. The fraction of sp³-hybridized carbons (Fsp3) is 0.143. The second-order valence-electron chi connectivity index (χ2n) is 4.06. The number of nitrogens with zero attached hydrogens (tertiary/aromatic N) is 1. The van der Waals surface area contributed by atoms with E-state index >= 15 is 0 Å². The maximum atomic E-state index is 10.9. The highest BCUT2D eigenvalue weighted by molar-refractivity contribution is 6.30. The van der Waals surface area contributed by atoms with Crippen molar-refractivity contribution in [3.63, 3.8) is 0 Å². The number of rotatable bonds is 5. The number of hydrogen-bond acceptors (Lipinski definition) is 4. The predicted molar refractivity (Wildman–Crippen MR) is 78.8 cm³/mol. The number of benzene rings is 2. The smallest absolute Gasteiger partial charge is 0.275 e. The van der Waals surface area contributed by atoms with Crippen molar-refractivity contribution in [2.45, 2.75) is 6.92 Å². The van der Waals surface area contributed by atoms with Gasteiger partial charge in [-0.25, -0.2) is 0 Å². The molecule has 0 atom stereocenters. The molecule has 6 heteroatoms. The highest BCUT2D eigenvalue weighted by Crippen LogP contribution is 2.30. The molecular weight excluding hydrogens is 280 g/mol. The fourth-order valence-electron chi connectivity index (χ4n) is 1.69. The lowest BCUT2D eigenvalue weighted by Crippen LogP contribution is -1.98. The fourth-order valence-corrected chi connectivity index (χ4v) is 1.82. The van der Waals surface area contributed by atoms with Crippen molar-refractivity contribution in [1.29, 1.82) is 0 Å². The van der Waals surface area contributed by atoms with Crippen LogP contribution in [0.25, 0.3) is 0 Å². The van der Waals surface area contributed by atoms with Gasteiger partial charge in [0, 0.05) is 29.4 Å². The lowest BCUT2D eigenvalue weighted by molar-refractivity contribution is -0.384. The number of halogens is 1. The van der Waals surface area contributed by atoms with E-state index in [1.807, 2.05) is 6.92 Å². The van der Waals surface area contributed by atoms with Crippen molar-refractivity contribution in [3.05, 3.63) is 57.6 Å². The molecule has 0 aliphatic heterocycles. The Morgan fingerprint density at radius 2 is 1.90 bits per heavy atom. The van der Waals surface area contributed by atoms with Gasteiger partial charge in [-0.2, -0.15) is 0 Å². The molecule has 0 amide bonds. The van der Waals surface area contributed by atoms with Crippen LogP contribution in [0.2, 0.25) is 5.02 Å². The van der Waals surface area contributed by atoms with E-state index in [0.29, 0.717) is 28.8 Å². The number of anilines is 1. The quantitative estimate of drug-likeness (QED) is 0.652. The molecule has 0 saturated carbocycles. The van der Waals surface area contributed by atoms with Crippen LogP contribution in [0.5, 0.6) is 11.5 Å². The molecule has 0 aliphatic rings. The Kier molecular flexibility index (Phi) is 4.42. The van der Waals surface area contributed by atoms with E-state index in [1.165, 1.54) is 12.1 Å². The molecule has 2 rings (SSSR count). The normalized spacial score (nSPS) is 10.1. The zero-order valence-corrected chi connectivity index (χ0v) is 11.6. The summed E-state index contributed by atoms with van der Waals surface area (Å²) in [6.45, 7) is 2.58. The Morgan fingerprint density at radius 3 is 2.50 bits per heavy atom. The Morgan fingerprint density at radius 1 is 1.20 bits per heavy atom. The molecule has 0 saturated heterocycles. The van der Waals surface area contributed by atoms with Gasteiger partial charge < -0.3 is 10.1 Å². The molecule has 20 heavy (non-hydrogen) atoms. The summed E-state index contributed by atoms with van der Waals surface area (Å²) >= 11 is 5.79. The van der Waals surface area contributed by atoms with Gasteiger partial charge in [0.25, 0.3) is 5.69 Å². The van der Waals surface area contributed by atoms with Crippen molar-refractivity contribution in [2.24, 2.45) is 0 Å². The summed E-state index contributed by atoms with van der Waals surface area (Å²) in [4.78, 5) is 10.5. The summed E-state index contributed by atoms with van der Waals surface area (Å²) in [7, 11) is 0. The average molecular weight is 293 g/mol. The second kappa shape index (κ2) is 6.25. The first-order chi connectivity index (χ1) is 9.58. The van der Waals surface area contributed by atoms with Crippen LogP contribution >= 0.6 is 11.6 Å². The van der Waals surface area contributed by atoms with Gasteiger partial charge in [0.05, 0.1) is 11.0 Å². The predicted octanol–water partition coefficient (Wildman–Crippen LogP) is 4.47. The van der Waals surface area contributed by atoms with E-state index in [1.54, 1.807) is 30.3 Å². The lowest BCUT2D eigenvalue weighted by Gasteiger charge is -2.09. The molecule has 104 valence electrons. The molecule has 0 bridgehead atoms. The number of non-ortho nitro benzene ring substituents is 1. The third-order valence-corrected chi connectivity index (χ3v) is 2.78. The summed E-state index contributed by atoms with van der Waals surface area (Å²) in [6, 6.07) is 11.4. The summed E-state index contributed by atoms with van der Waals surface area (Å²) in [6.07, 6.45) is 0. The molecule has 2 aromatic carbocycles. The molecular formula is C14H13ClN2O3. The van der Waals surface area contributed by atoms with Gasteiger partial charge in [0.15, 0.2) is 0 Å². The van der Waals surface area contributed by atoms with Gasteiger partial charge in [0.1, 0.15) is 11.5 Å². The van der Waals surface area contributed by atoms with E-state index in [2.05, 4.69) is 5.32 Å². The zero-order valence-electron chi connectivity index (χ0n) is 10.8. The van der Waals surface area contributed by atoms with Crippen LogP contribution in [0.1, 0.15) is 6.92 Å². The number of hydrogen-bond donors (Lipinski definition) is 1. The van der Waals surface area contributed by atoms with Gasteiger partial charge in [-0.3, -0.25) is 10.1 Å². The largest absolute Gasteiger partial charge is 0.457 e. The molecule has 0 unspecified atom stereocenters. The van der Waals surface area contributed by atoms with Crippen LogP contribution in [-0.2, 0) is 0 Å². The molecule has 0 aromatic heterocycles. The Bertz CT molecular complexity index is 614. The Balaban J connectivity index is 2.29. The summed E-state index contributed by atoms with van der Waals surface area (Å²) in [5.74, 6) is 0.967. The van der Waals surface area contributed by atoms with Crippen molar-refractivity contribution in [3.8, 4) is 11.5 Å². The number of nitrogens with one attached hydrogen (secondary N) is 1. The molecule has 0 heterocycles. The van der Waals surface area contributed by atoms with Crippen LogP contribution in [0.4, 0.5) is 11.4 Å². The first kappa shape index (κ1) is 14.1. The van der Waals surface area contributed by atoms with E-state index in [0.717, 1.165) is 0 Å². The van der Waals surface area contributed by atoms with Crippen LogP contribution in [0.15, 0.2) is 42.5 Å². The lowest BCUT2D eigenvalue weighted by atomic mass is 10.2. The highest BCUT2D eigenvalue weighted by Gasteiger charge is 2.11. The van der Waals surface area contributed by atoms with Crippen molar-refractivity contribution in [2.75, 3.05) is 11.9 Å². The SMILES string of the molecule is CCNc1cc(Oc2ccc(Cl)cc2)cc([N+](=O)[O-])c1. The average Bonchev–Trinajstić information content (AvgIpc) is 2.41. The molecule has 2 aromatic rings.